The third-order valence-electron chi connectivity index (χ3n) is 8.77. The zero-order valence-electron chi connectivity index (χ0n) is 22.2. The van der Waals surface area contributed by atoms with Crippen LogP contribution in [0.3, 0.4) is 0 Å². The third-order valence-corrected chi connectivity index (χ3v) is 8.77. The first-order valence-electron chi connectivity index (χ1n) is 13.3. The molecule has 3 aliphatic rings. The number of rotatable bonds is 10. The van der Waals surface area contributed by atoms with Gasteiger partial charge in [-0.25, -0.2) is 0 Å². The van der Waals surface area contributed by atoms with Gasteiger partial charge in [-0.05, 0) is 49.1 Å². The van der Waals surface area contributed by atoms with Crippen LogP contribution in [0.5, 0.6) is 5.75 Å². The summed E-state index contributed by atoms with van der Waals surface area (Å²) in [6.45, 7) is 5.40. The number of anilines is 1. The van der Waals surface area contributed by atoms with Crippen molar-refractivity contribution in [1.82, 2.24) is 4.90 Å². The van der Waals surface area contributed by atoms with Gasteiger partial charge in [-0.3, -0.25) is 14.4 Å². The molecule has 3 fully saturated rings. The number of aliphatic hydroxyl groups excluding tert-OH is 1. The molecule has 0 radical (unpaired) electrons. The van der Waals surface area contributed by atoms with Crippen molar-refractivity contribution < 1.29 is 34.1 Å². The maximum absolute atomic E-state index is 14.6. The summed E-state index contributed by atoms with van der Waals surface area (Å²) >= 11 is 0. The number of hydrogen-bond donors (Lipinski definition) is 2. The summed E-state index contributed by atoms with van der Waals surface area (Å²) in [5, 5.41) is 20.9. The SMILES string of the molecule is C=CCN(C(=O)C1N([C@H](CO)c2ccccc2)C(=O)[C@@H]2[C@H](C(=O)O)[C@]3(CC)CCC12O3)c1ccc(OC)cc1. The number of carbonyl (C=O) groups is 3. The zero-order valence-corrected chi connectivity index (χ0v) is 22.2. The number of aliphatic hydroxyl groups is 1. The van der Waals surface area contributed by atoms with Gasteiger partial charge in [0.1, 0.15) is 23.3 Å². The van der Waals surface area contributed by atoms with Gasteiger partial charge in [-0.1, -0.05) is 43.3 Å². The van der Waals surface area contributed by atoms with E-state index in [0.717, 1.165) is 0 Å². The Labute approximate surface area is 227 Å². The highest BCUT2D eigenvalue weighted by atomic mass is 16.5. The van der Waals surface area contributed by atoms with Gasteiger partial charge in [-0.15, -0.1) is 6.58 Å². The highest BCUT2D eigenvalue weighted by Gasteiger charge is 2.79. The summed E-state index contributed by atoms with van der Waals surface area (Å²) in [5.41, 5.74) is -1.14. The molecule has 0 saturated carbocycles. The third kappa shape index (κ3) is 3.94. The van der Waals surface area contributed by atoms with E-state index in [2.05, 4.69) is 6.58 Å². The van der Waals surface area contributed by atoms with E-state index in [1.807, 2.05) is 13.0 Å². The van der Waals surface area contributed by atoms with E-state index in [1.165, 1.54) is 9.80 Å². The molecule has 3 heterocycles. The van der Waals surface area contributed by atoms with E-state index in [0.29, 0.717) is 36.3 Å². The van der Waals surface area contributed by atoms with Crippen molar-refractivity contribution in [2.75, 3.05) is 25.2 Å². The normalized spacial score (nSPS) is 29.7. The second kappa shape index (κ2) is 10.1. The van der Waals surface area contributed by atoms with E-state index >= 15 is 0 Å². The number of carboxylic acid groups (broad SMARTS) is 1. The molecule has 2 aromatic rings. The molecular formula is C30H34N2O7. The number of amides is 2. The molecule has 2 aromatic carbocycles. The zero-order chi connectivity index (χ0) is 27.9. The second-order valence-electron chi connectivity index (χ2n) is 10.5. The molecule has 206 valence electrons. The van der Waals surface area contributed by atoms with Crippen LogP contribution in [-0.2, 0) is 19.1 Å². The molecule has 5 rings (SSSR count). The molecule has 1 spiro atoms. The molecule has 2 amide bonds. The van der Waals surface area contributed by atoms with Gasteiger partial charge in [0.2, 0.25) is 5.91 Å². The van der Waals surface area contributed by atoms with Crippen molar-refractivity contribution in [3.8, 4) is 5.75 Å². The van der Waals surface area contributed by atoms with Crippen LogP contribution >= 0.6 is 0 Å². The summed E-state index contributed by atoms with van der Waals surface area (Å²) in [4.78, 5) is 44.5. The lowest BCUT2D eigenvalue weighted by atomic mass is 9.65. The van der Waals surface area contributed by atoms with Gasteiger partial charge in [0.15, 0.2) is 0 Å². The van der Waals surface area contributed by atoms with Crippen LogP contribution in [0.15, 0.2) is 67.3 Å². The van der Waals surface area contributed by atoms with Gasteiger partial charge in [0.05, 0.1) is 31.3 Å². The molecule has 9 heteroatoms. The number of aliphatic carboxylic acids is 1. The molecule has 3 aliphatic heterocycles. The van der Waals surface area contributed by atoms with E-state index in [9.17, 15) is 24.6 Å². The molecule has 9 nitrogen and oxygen atoms in total. The van der Waals surface area contributed by atoms with E-state index in [-0.39, 0.29) is 6.54 Å². The smallest absolute Gasteiger partial charge is 0.310 e. The van der Waals surface area contributed by atoms with Crippen LogP contribution in [-0.4, -0.2) is 70.4 Å². The summed E-state index contributed by atoms with van der Waals surface area (Å²) in [7, 11) is 1.55. The van der Waals surface area contributed by atoms with E-state index < -0.39 is 59.5 Å². The molecule has 2 N–H and O–H groups in total. The molecule has 39 heavy (non-hydrogen) atoms. The fourth-order valence-corrected chi connectivity index (χ4v) is 7.04. The maximum Gasteiger partial charge on any atom is 0.310 e. The van der Waals surface area contributed by atoms with Crippen LogP contribution in [0.4, 0.5) is 5.69 Å². The van der Waals surface area contributed by atoms with Crippen LogP contribution in [0.25, 0.3) is 0 Å². The molecule has 6 atom stereocenters. The van der Waals surface area contributed by atoms with Crippen molar-refractivity contribution in [3.63, 3.8) is 0 Å². The number of benzene rings is 2. The van der Waals surface area contributed by atoms with E-state index in [1.54, 1.807) is 61.7 Å². The number of fused-ring (bicyclic) bond motifs is 1. The number of ether oxygens (including phenoxy) is 2. The highest BCUT2D eigenvalue weighted by molar-refractivity contribution is 6.05. The Morgan fingerprint density at radius 3 is 2.46 bits per heavy atom. The minimum Gasteiger partial charge on any atom is -0.497 e. The first kappa shape index (κ1) is 26.9. The van der Waals surface area contributed by atoms with Crippen LogP contribution in [0, 0.1) is 11.8 Å². The standard InChI is InChI=1S/C30H34N2O7/c1-4-17-31(20-11-13-21(38-3)14-12-20)27(35)25-30-16-15-29(5-2,39-30)24(28(36)37)23(30)26(34)32(25)22(18-33)19-9-7-6-8-10-19/h4,6-14,22-25,33H,1,5,15-18H2,2-3H3,(H,36,37)/t22-,23+,24-,25?,29+,30?/m1/s1. The minimum atomic E-state index is -1.33. The Bertz CT molecular complexity index is 1270. The molecule has 3 saturated heterocycles. The van der Waals surface area contributed by atoms with Crippen molar-refractivity contribution in [1.29, 1.82) is 0 Å². The van der Waals surface area contributed by atoms with Crippen LogP contribution in [0.2, 0.25) is 0 Å². The predicted octanol–water partition coefficient (Wildman–Crippen LogP) is 3.19. The summed E-state index contributed by atoms with van der Waals surface area (Å²) < 4.78 is 11.9. The molecule has 0 aromatic heterocycles. The minimum absolute atomic E-state index is 0.154. The average Bonchev–Trinajstić information content (AvgIpc) is 3.56. The van der Waals surface area contributed by atoms with Crippen molar-refractivity contribution in [3.05, 3.63) is 72.8 Å². The monoisotopic (exact) mass is 534 g/mol. The Morgan fingerprint density at radius 2 is 1.90 bits per heavy atom. The number of carbonyl (C=O) groups excluding carboxylic acids is 2. The average molecular weight is 535 g/mol. The Balaban J connectivity index is 1.67. The quantitative estimate of drug-likeness (QED) is 0.450. The van der Waals surface area contributed by atoms with Crippen molar-refractivity contribution in [2.24, 2.45) is 11.8 Å². The predicted molar refractivity (Wildman–Crippen MR) is 143 cm³/mol. The lowest BCUT2D eigenvalue weighted by Gasteiger charge is -2.39. The Kier molecular flexibility index (Phi) is 6.99. The first-order chi connectivity index (χ1) is 18.8. The number of hydrogen-bond acceptors (Lipinski definition) is 6. The van der Waals surface area contributed by atoms with Gasteiger partial charge in [0, 0.05) is 12.2 Å². The lowest BCUT2D eigenvalue weighted by molar-refractivity contribution is -0.157. The van der Waals surface area contributed by atoms with E-state index in [4.69, 9.17) is 9.47 Å². The number of likely N-dealkylation sites (tertiary alicyclic amines) is 1. The van der Waals surface area contributed by atoms with Gasteiger partial charge >= 0.3 is 5.97 Å². The topological polar surface area (TPSA) is 117 Å². The molecule has 0 aliphatic carbocycles. The summed E-state index contributed by atoms with van der Waals surface area (Å²) in [6, 6.07) is 14.0. The first-order valence-corrected chi connectivity index (χ1v) is 13.3. The summed E-state index contributed by atoms with van der Waals surface area (Å²) in [5.74, 6) is -3.51. The van der Waals surface area contributed by atoms with Crippen LogP contribution in [0.1, 0.15) is 37.8 Å². The maximum atomic E-state index is 14.6. The Morgan fingerprint density at radius 1 is 1.21 bits per heavy atom. The van der Waals surface area contributed by atoms with Crippen molar-refractivity contribution in [2.45, 2.75) is 49.5 Å². The highest BCUT2D eigenvalue weighted by Crippen LogP contribution is 2.65. The van der Waals surface area contributed by atoms with Crippen LogP contribution < -0.4 is 9.64 Å². The van der Waals surface area contributed by atoms with Gasteiger partial charge in [0.25, 0.3) is 5.91 Å². The second-order valence-corrected chi connectivity index (χ2v) is 10.5. The Hall–Kier alpha value is -3.69. The molecular weight excluding hydrogens is 500 g/mol. The fourth-order valence-electron chi connectivity index (χ4n) is 7.04. The lowest BCUT2D eigenvalue weighted by Crippen LogP contribution is -2.57. The largest absolute Gasteiger partial charge is 0.497 e. The van der Waals surface area contributed by atoms with Gasteiger partial charge in [-0.2, -0.15) is 0 Å². The van der Waals surface area contributed by atoms with Crippen molar-refractivity contribution >= 4 is 23.5 Å². The number of methoxy groups -OCH3 is 1. The molecule has 2 bridgehead atoms. The van der Waals surface area contributed by atoms with Gasteiger partial charge < -0.3 is 29.5 Å². The number of nitrogens with zero attached hydrogens (tertiary/aromatic N) is 2. The molecule has 2 unspecified atom stereocenters. The number of carboxylic acids is 1. The fraction of sp³-hybridized carbons (Fsp3) is 0.433. The summed E-state index contributed by atoms with van der Waals surface area (Å²) in [6.07, 6.45) is 2.80.